The van der Waals surface area contributed by atoms with Crippen molar-refractivity contribution in [3.63, 3.8) is 0 Å². The van der Waals surface area contributed by atoms with Crippen molar-refractivity contribution in [2.24, 2.45) is 0 Å². The molecular weight excluding hydrogens is 196 g/mol. The van der Waals surface area contributed by atoms with Crippen LogP contribution in [0.3, 0.4) is 0 Å². The molecule has 0 saturated heterocycles. The predicted molar refractivity (Wildman–Crippen MR) is 28.0 cm³/mol. The Morgan fingerprint density at radius 1 is 1.69 bits per heavy atom. The van der Waals surface area contributed by atoms with Crippen LogP contribution in [0.4, 0.5) is 13.6 Å². The second kappa shape index (κ2) is 4.78. The molecule has 0 bridgehead atoms. The first-order chi connectivity index (χ1) is 5.99. The average molecular weight is 197 g/mol. The first kappa shape index (κ1) is 11.0. The van der Waals surface area contributed by atoms with Gasteiger partial charge in [0.15, 0.2) is 5.03 Å². The van der Waals surface area contributed by atoms with E-state index < -0.39 is 22.7 Å². The quantitative estimate of drug-likeness (QED) is 0.211. The first-order valence-corrected chi connectivity index (χ1v) is 2.48. The van der Waals surface area contributed by atoms with E-state index in [0.29, 0.717) is 0 Å². The molecule has 72 valence electrons. The molecule has 13 heavy (non-hydrogen) atoms. The zero-order chi connectivity index (χ0) is 10.4. The number of hydrazine groups is 1. The van der Waals surface area contributed by atoms with Crippen molar-refractivity contribution in [3.05, 3.63) is 10.1 Å². The van der Waals surface area contributed by atoms with Crippen LogP contribution in [-0.4, -0.2) is 22.7 Å². The number of carbonyl (C=O) groups excluding carboxylic acids is 1. The fourth-order valence-electron chi connectivity index (χ4n) is 0.257. The monoisotopic (exact) mass is 197 g/mol. The number of hydrogen-bond acceptors (Lipinski definition) is 6. The van der Waals surface area contributed by atoms with E-state index in [1.54, 1.807) is 0 Å². The lowest BCUT2D eigenvalue weighted by Crippen LogP contribution is -2.32. The summed E-state index contributed by atoms with van der Waals surface area (Å²) in [5.41, 5.74) is 0. The molecular formula is C3HF2N3O5. The lowest BCUT2D eigenvalue weighted by atomic mass is 11.0. The van der Waals surface area contributed by atoms with Gasteiger partial charge in [0.2, 0.25) is 0 Å². The second-order valence-electron chi connectivity index (χ2n) is 1.36. The molecule has 0 radical (unpaired) electrons. The summed E-state index contributed by atoms with van der Waals surface area (Å²) in [5, 5.41) is 15.5. The van der Waals surface area contributed by atoms with Gasteiger partial charge in [0, 0.05) is 0 Å². The van der Waals surface area contributed by atoms with Crippen LogP contribution in [0.5, 0.6) is 0 Å². The van der Waals surface area contributed by atoms with E-state index >= 15 is 0 Å². The number of halogens is 2. The minimum absolute atomic E-state index is 0.720. The molecule has 0 atom stereocenters. The summed E-state index contributed by atoms with van der Waals surface area (Å²) in [6, 6.07) is 0. The number of carbonyl (C=O) groups is 1. The van der Waals surface area contributed by atoms with Gasteiger partial charge in [-0.1, -0.05) is 0 Å². The lowest BCUT2D eigenvalue weighted by Gasteiger charge is -2.02. The fourth-order valence-corrected chi connectivity index (χ4v) is 0.257. The van der Waals surface area contributed by atoms with Gasteiger partial charge in [-0.3, -0.25) is 4.89 Å². The Labute approximate surface area is 68.9 Å². The topological polar surface area (TPSA) is 106 Å². The molecule has 0 aliphatic rings. The third-order valence-corrected chi connectivity index (χ3v) is 0.623. The van der Waals surface area contributed by atoms with Gasteiger partial charge in [-0.15, -0.1) is 4.89 Å². The highest BCUT2D eigenvalue weighted by Crippen LogP contribution is 1.99. The number of rotatable bonds is 3. The van der Waals surface area contributed by atoms with Gasteiger partial charge in [-0.25, -0.2) is 14.9 Å². The Bertz CT molecular complexity index is 250. The number of hydrogen-bond donors (Lipinski definition) is 0. The third kappa shape index (κ3) is 3.77. The van der Waals surface area contributed by atoms with Crippen LogP contribution in [0.2, 0.25) is 0 Å². The number of nitriles is 1. The second-order valence-corrected chi connectivity index (χ2v) is 1.36. The van der Waals surface area contributed by atoms with Crippen molar-refractivity contribution in [3.8, 4) is 6.19 Å². The van der Waals surface area contributed by atoms with E-state index in [1.165, 1.54) is 0 Å². The van der Waals surface area contributed by atoms with Crippen LogP contribution in [-0.2, 0) is 9.78 Å². The summed E-state index contributed by atoms with van der Waals surface area (Å²) < 4.78 is 22.4. The zero-order valence-corrected chi connectivity index (χ0v) is 5.72. The highest BCUT2D eigenvalue weighted by molar-refractivity contribution is 5.66. The number of amides is 1. The fraction of sp³-hybridized carbons (Fsp3) is 0.333. The molecule has 0 aromatic rings. The molecule has 0 fully saturated rings. The maximum atomic E-state index is 11.2. The molecule has 8 nitrogen and oxygen atoms in total. The number of nitro groups is 1. The number of alkyl halides is 2. The van der Waals surface area contributed by atoms with Crippen LogP contribution in [0.1, 0.15) is 0 Å². The van der Waals surface area contributed by atoms with Gasteiger partial charge in [-0.2, -0.15) is 14.0 Å². The average Bonchev–Trinajstić information content (AvgIpc) is 2.01. The molecule has 1 amide bonds. The summed E-state index contributed by atoms with van der Waals surface area (Å²) in [4.78, 5) is 26.2. The largest absolute Gasteiger partial charge is 0.514 e. The van der Waals surface area contributed by atoms with Gasteiger partial charge in [0.1, 0.15) is 0 Å². The van der Waals surface area contributed by atoms with Gasteiger partial charge in [0.25, 0.3) is 6.19 Å². The SMILES string of the molecule is N#CN(C(=O)OOC(F)F)[N+](=O)[O-]. The van der Waals surface area contributed by atoms with Gasteiger partial charge in [0.05, 0.1) is 5.01 Å². The minimum Gasteiger partial charge on any atom is -0.265 e. The molecule has 0 aromatic heterocycles. The van der Waals surface area contributed by atoms with E-state index in [0.717, 1.165) is 6.19 Å². The summed E-state index contributed by atoms with van der Waals surface area (Å²) in [6.07, 6.45) is -1.21. The third-order valence-electron chi connectivity index (χ3n) is 0.623. The van der Waals surface area contributed by atoms with Crippen LogP contribution in [0.25, 0.3) is 0 Å². The molecule has 0 aromatic carbocycles. The van der Waals surface area contributed by atoms with Crippen molar-refractivity contribution < 1.29 is 28.4 Å². The van der Waals surface area contributed by atoms with Crippen molar-refractivity contribution in [1.29, 1.82) is 5.26 Å². The van der Waals surface area contributed by atoms with Gasteiger partial charge >= 0.3 is 12.7 Å². The normalized spacial score (nSPS) is 9.08. The molecule has 0 saturated carbocycles. The molecule has 0 aliphatic carbocycles. The van der Waals surface area contributed by atoms with Crippen LogP contribution < -0.4 is 0 Å². The molecule has 0 unspecified atom stereocenters. The van der Waals surface area contributed by atoms with Crippen molar-refractivity contribution >= 4 is 6.09 Å². The molecule has 0 rings (SSSR count). The van der Waals surface area contributed by atoms with E-state index in [-0.39, 0.29) is 0 Å². The Balaban J connectivity index is 4.10. The van der Waals surface area contributed by atoms with E-state index in [2.05, 4.69) is 9.78 Å². The highest BCUT2D eigenvalue weighted by atomic mass is 19.3. The molecule has 0 N–H and O–H groups in total. The molecule has 0 aliphatic heterocycles. The van der Waals surface area contributed by atoms with Gasteiger partial charge < -0.3 is 0 Å². The summed E-state index contributed by atoms with van der Waals surface area (Å²) in [5.74, 6) is 0. The summed E-state index contributed by atoms with van der Waals surface area (Å²) in [6.45, 7) is -3.43. The van der Waals surface area contributed by atoms with Crippen LogP contribution in [0.15, 0.2) is 0 Å². The Hall–Kier alpha value is -2.02. The standard InChI is InChI=1S/C3HF2N3O5/c4-2(5)12-13-3(9)7(1-6)8(10)11/h2H. The maximum Gasteiger partial charge on any atom is 0.514 e. The summed E-state index contributed by atoms with van der Waals surface area (Å²) >= 11 is 0. The Kier molecular flexibility index (Phi) is 4.03. The first-order valence-electron chi connectivity index (χ1n) is 2.48. The van der Waals surface area contributed by atoms with Crippen molar-refractivity contribution in [1.82, 2.24) is 5.01 Å². The summed E-state index contributed by atoms with van der Waals surface area (Å²) in [7, 11) is 0. The van der Waals surface area contributed by atoms with E-state index in [4.69, 9.17) is 5.26 Å². The lowest BCUT2D eigenvalue weighted by molar-refractivity contribution is -0.620. The number of nitrogens with zero attached hydrogens (tertiary/aromatic N) is 3. The Morgan fingerprint density at radius 2 is 2.23 bits per heavy atom. The van der Waals surface area contributed by atoms with Crippen LogP contribution in [0, 0.1) is 21.6 Å². The molecule has 0 heterocycles. The molecule has 0 spiro atoms. The van der Waals surface area contributed by atoms with Crippen LogP contribution >= 0.6 is 0 Å². The van der Waals surface area contributed by atoms with Gasteiger partial charge in [-0.05, 0) is 0 Å². The smallest absolute Gasteiger partial charge is 0.265 e. The molecule has 10 heteroatoms. The van der Waals surface area contributed by atoms with E-state index in [9.17, 15) is 23.7 Å². The van der Waals surface area contributed by atoms with Crippen molar-refractivity contribution in [2.45, 2.75) is 6.61 Å². The van der Waals surface area contributed by atoms with Crippen molar-refractivity contribution in [2.75, 3.05) is 0 Å². The minimum atomic E-state index is -3.43. The maximum absolute atomic E-state index is 11.2. The Morgan fingerprint density at radius 3 is 2.54 bits per heavy atom. The zero-order valence-electron chi connectivity index (χ0n) is 5.72. The predicted octanol–water partition coefficient (Wildman–Crippen LogP) is 0.252. The highest BCUT2D eigenvalue weighted by Gasteiger charge is 2.28. The van der Waals surface area contributed by atoms with E-state index in [1.807, 2.05) is 0 Å².